The molecule has 2 rings (SSSR count). The van der Waals surface area contributed by atoms with E-state index in [4.69, 9.17) is 5.73 Å². The van der Waals surface area contributed by atoms with E-state index in [2.05, 4.69) is 25.5 Å². The second kappa shape index (κ2) is 3.17. The number of amides is 1. The Morgan fingerprint density at radius 1 is 1.36 bits per heavy atom. The van der Waals surface area contributed by atoms with Crippen LogP contribution in [-0.2, 0) is 0 Å². The van der Waals surface area contributed by atoms with Crippen molar-refractivity contribution >= 4 is 5.91 Å². The van der Waals surface area contributed by atoms with E-state index in [1.54, 1.807) is 0 Å². The first-order valence-corrected chi connectivity index (χ1v) is 3.63. The van der Waals surface area contributed by atoms with Crippen molar-refractivity contribution in [2.75, 3.05) is 0 Å². The molecular formula is C6H5N7O. The Bertz CT molecular complexity index is 451. The SMILES string of the molecule is NC(=O)c1nccnc1-n1cnnn1. The van der Waals surface area contributed by atoms with Crippen LogP contribution in [0.5, 0.6) is 0 Å². The van der Waals surface area contributed by atoms with Gasteiger partial charge in [-0.1, -0.05) is 0 Å². The average molecular weight is 191 g/mol. The molecule has 2 N–H and O–H groups in total. The van der Waals surface area contributed by atoms with Gasteiger partial charge in [-0.3, -0.25) is 4.79 Å². The largest absolute Gasteiger partial charge is 0.364 e. The van der Waals surface area contributed by atoms with E-state index >= 15 is 0 Å². The summed E-state index contributed by atoms with van der Waals surface area (Å²) in [5, 5.41) is 10.4. The van der Waals surface area contributed by atoms with Crippen molar-refractivity contribution in [2.24, 2.45) is 5.73 Å². The van der Waals surface area contributed by atoms with Gasteiger partial charge in [0.05, 0.1) is 0 Å². The lowest BCUT2D eigenvalue weighted by Gasteiger charge is -2.00. The molecule has 0 fully saturated rings. The number of aromatic nitrogens is 6. The van der Waals surface area contributed by atoms with Crippen molar-refractivity contribution in [3.63, 3.8) is 0 Å². The highest BCUT2D eigenvalue weighted by Gasteiger charge is 2.12. The van der Waals surface area contributed by atoms with Crippen LogP contribution in [0, 0.1) is 0 Å². The van der Waals surface area contributed by atoms with Crippen LogP contribution in [0.25, 0.3) is 5.82 Å². The predicted octanol–water partition coefficient (Wildman–Crippen LogP) is -1.45. The third-order valence-corrected chi connectivity index (χ3v) is 1.48. The first-order valence-electron chi connectivity index (χ1n) is 3.63. The van der Waals surface area contributed by atoms with Crippen molar-refractivity contribution < 1.29 is 4.79 Å². The Morgan fingerprint density at radius 3 is 2.79 bits per heavy atom. The number of carbonyl (C=O) groups is 1. The second-order valence-electron chi connectivity index (χ2n) is 2.35. The molecule has 0 aliphatic rings. The zero-order valence-electron chi connectivity index (χ0n) is 6.90. The Kier molecular flexibility index (Phi) is 1.86. The summed E-state index contributed by atoms with van der Waals surface area (Å²) in [7, 11) is 0. The molecule has 0 saturated carbocycles. The summed E-state index contributed by atoms with van der Waals surface area (Å²) >= 11 is 0. The summed E-state index contributed by atoms with van der Waals surface area (Å²) in [5.74, 6) is -0.464. The maximum absolute atomic E-state index is 11.0. The summed E-state index contributed by atoms with van der Waals surface area (Å²) in [5.41, 5.74) is 5.12. The smallest absolute Gasteiger partial charge is 0.271 e. The lowest BCUT2D eigenvalue weighted by molar-refractivity contribution is 0.0995. The molecule has 0 aromatic carbocycles. The fourth-order valence-electron chi connectivity index (χ4n) is 0.930. The van der Waals surface area contributed by atoms with Gasteiger partial charge in [-0.25, -0.2) is 9.97 Å². The van der Waals surface area contributed by atoms with E-state index < -0.39 is 5.91 Å². The van der Waals surface area contributed by atoms with Crippen molar-refractivity contribution in [3.8, 4) is 5.82 Å². The molecule has 1 amide bonds. The van der Waals surface area contributed by atoms with E-state index in [-0.39, 0.29) is 11.5 Å². The molecule has 0 aliphatic heterocycles. The minimum absolute atomic E-state index is 0.0276. The van der Waals surface area contributed by atoms with Gasteiger partial charge in [-0.2, -0.15) is 4.68 Å². The molecule has 2 aromatic rings. The molecule has 0 radical (unpaired) electrons. The van der Waals surface area contributed by atoms with Crippen LogP contribution >= 0.6 is 0 Å². The maximum atomic E-state index is 11.0. The number of carbonyl (C=O) groups excluding carboxylic acids is 1. The number of hydrogen-bond donors (Lipinski definition) is 1. The van der Waals surface area contributed by atoms with Gasteiger partial charge in [0.25, 0.3) is 5.91 Å². The quantitative estimate of drug-likeness (QED) is 0.621. The predicted molar refractivity (Wildman–Crippen MR) is 43.3 cm³/mol. The third kappa shape index (κ3) is 1.28. The number of rotatable bonds is 2. The normalized spacial score (nSPS) is 10.0. The second-order valence-corrected chi connectivity index (χ2v) is 2.35. The first-order chi connectivity index (χ1) is 6.79. The minimum atomic E-state index is -0.677. The number of nitrogens with two attached hydrogens (primary N) is 1. The molecule has 8 heteroatoms. The van der Waals surface area contributed by atoms with Gasteiger partial charge in [0.15, 0.2) is 11.5 Å². The van der Waals surface area contributed by atoms with Gasteiger partial charge < -0.3 is 5.73 Å². The number of tetrazole rings is 1. The number of nitrogens with zero attached hydrogens (tertiary/aromatic N) is 6. The molecule has 0 atom stereocenters. The Hall–Kier alpha value is -2.38. The summed E-state index contributed by atoms with van der Waals surface area (Å²) in [6, 6.07) is 0. The van der Waals surface area contributed by atoms with Crippen molar-refractivity contribution in [2.45, 2.75) is 0 Å². The summed E-state index contributed by atoms with van der Waals surface area (Å²) in [6.07, 6.45) is 4.09. The summed E-state index contributed by atoms with van der Waals surface area (Å²) in [4.78, 5) is 18.6. The van der Waals surface area contributed by atoms with Crippen LogP contribution in [0.3, 0.4) is 0 Å². The summed E-state index contributed by atoms with van der Waals surface area (Å²) < 4.78 is 1.22. The standard InChI is InChI=1S/C6H5N7O/c7-5(14)4-6(9-2-1-8-4)13-3-10-11-12-13/h1-3H,(H2,7,14). The monoisotopic (exact) mass is 191 g/mol. The van der Waals surface area contributed by atoms with Crippen LogP contribution in [0.2, 0.25) is 0 Å². The molecule has 70 valence electrons. The molecule has 0 bridgehead atoms. The molecule has 2 aromatic heterocycles. The van der Waals surface area contributed by atoms with Gasteiger partial charge in [0.2, 0.25) is 0 Å². The van der Waals surface area contributed by atoms with Crippen molar-refractivity contribution in [3.05, 3.63) is 24.4 Å². The molecule has 0 aliphatic carbocycles. The fraction of sp³-hybridized carbons (Fsp3) is 0. The maximum Gasteiger partial charge on any atom is 0.271 e. The number of primary amides is 1. The van der Waals surface area contributed by atoms with E-state index in [9.17, 15) is 4.79 Å². The summed E-state index contributed by atoms with van der Waals surface area (Å²) in [6.45, 7) is 0. The van der Waals surface area contributed by atoms with Gasteiger partial charge in [0.1, 0.15) is 6.33 Å². The zero-order chi connectivity index (χ0) is 9.97. The minimum Gasteiger partial charge on any atom is -0.364 e. The first kappa shape index (κ1) is 8.23. The fourth-order valence-corrected chi connectivity index (χ4v) is 0.930. The highest BCUT2D eigenvalue weighted by atomic mass is 16.1. The van der Waals surface area contributed by atoms with Crippen LogP contribution in [0.15, 0.2) is 18.7 Å². The molecule has 14 heavy (non-hydrogen) atoms. The number of hydrogen-bond acceptors (Lipinski definition) is 6. The lowest BCUT2D eigenvalue weighted by Crippen LogP contribution is -2.18. The van der Waals surface area contributed by atoms with Crippen LogP contribution in [0.4, 0.5) is 0 Å². The highest BCUT2D eigenvalue weighted by Crippen LogP contribution is 2.04. The van der Waals surface area contributed by atoms with E-state index in [1.807, 2.05) is 0 Å². The van der Waals surface area contributed by atoms with E-state index in [0.29, 0.717) is 0 Å². The van der Waals surface area contributed by atoms with E-state index in [1.165, 1.54) is 23.4 Å². The molecule has 0 spiro atoms. The van der Waals surface area contributed by atoms with Gasteiger partial charge in [-0.15, -0.1) is 5.10 Å². The van der Waals surface area contributed by atoms with Gasteiger partial charge >= 0.3 is 0 Å². The molecule has 2 heterocycles. The van der Waals surface area contributed by atoms with Gasteiger partial charge in [-0.05, 0) is 10.4 Å². The molecule has 0 saturated heterocycles. The zero-order valence-corrected chi connectivity index (χ0v) is 6.90. The van der Waals surface area contributed by atoms with Gasteiger partial charge in [0, 0.05) is 12.4 Å². The average Bonchev–Trinajstić information content (AvgIpc) is 2.70. The Morgan fingerprint density at radius 2 is 2.14 bits per heavy atom. The molecule has 0 unspecified atom stereocenters. The van der Waals surface area contributed by atoms with Crippen LogP contribution in [-0.4, -0.2) is 36.1 Å². The third-order valence-electron chi connectivity index (χ3n) is 1.48. The van der Waals surface area contributed by atoms with Crippen LogP contribution < -0.4 is 5.73 Å². The van der Waals surface area contributed by atoms with Crippen molar-refractivity contribution in [1.29, 1.82) is 0 Å². The van der Waals surface area contributed by atoms with Crippen LogP contribution in [0.1, 0.15) is 10.5 Å². The Balaban J connectivity index is 2.58. The highest BCUT2D eigenvalue weighted by molar-refractivity contribution is 5.93. The topological polar surface area (TPSA) is 112 Å². The Labute approximate surface area is 77.8 Å². The van der Waals surface area contributed by atoms with E-state index in [0.717, 1.165) is 0 Å². The molecular weight excluding hydrogens is 186 g/mol. The van der Waals surface area contributed by atoms with Crippen molar-refractivity contribution in [1.82, 2.24) is 30.2 Å². The molecule has 8 nitrogen and oxygen atoms in total. The lowest BCUT2D eigenvalue weighted by atomic mass is 10.4.